The van der Waals surface area contributed by atoms with Crippen LogP contribution < -0.4 is 5.32 Å². The van der Waals surface area contributed by atoms with Crippen molar-refractivity contribution >= 4 is 23.0 Å². The van der Waals surface area contributed by atoms with Gasteiger partial charge in [0.25, 0.3) is 0 Å². The quantitative estimate of drug-likeness (QED) is 0.446. The van der Waals surface area contributed by atoms with Crippen LogP contribution in [0.3, 0.4) is 0 Å². The molecule has 2 aliphatic heterocycles. The minimum atomic E-state index is -1.24. The average Bonchev–Trinajstić information content (AvgIpc) is 3.42. The monoisotopic (exact) mass is 391 g/mol. The third kappa shape index (κ3) is 3.44. The molecule has 11 heteroatoms. The molecule has 0 aliphatic carbocycles. The number of nitrogens with zero attached hydrogens (tertiary/aromatic N) is 4. The predicted octanol–water partition coefficient (Wildman–Crippen LogP) is -0.624. The van der Waals surface area contributed by atoms with E-state index in [1.165, 1.54) is 30.4 Å². The lowest BCUT2D eigenvalue weighted by atomic mass is 10.1. The second-order valence-corrected chi connectivity index (χ2v) is 6.61. The van der Waals surface area contributed by atoms with Crippen molar-refractivity contribution < 1.29 is 29.2 Å². The third-order valence-electron chi connectivity index (χ3n) is 4.80. The van der Waals surface area contributed by atoms with Crippen molar-refractivity contribution in [1.82, 2.24) is 19.5 Å². The van der Waals surface area contributed by atoms with E-state index in [0.717, 1.165) is 12.5 Å². The molecule has 3 N–H and O–H groups in total. The molecule has 2 aromatic rings. The number of hydrogen-bond acceptors (Lipinski definition) is 10. The number of rotatable bonds is 5. The molecule has 0 radical (unpaired) electrons. The van der Waals surface area contributed by atoms with Crippen LogP contribution in [0.15, 0.2) is 24.8 Å². The van der Waals surface area contributed by atoms with E-state index >= 15 is 0 Å². The maximum absolute atomic E-state index is 11.3. The fourth-order valence-electron chi connectivity index (χ4n) is 3.30. The standard InChI is InChI=1S/C17H21N5O6/c1-26-11(23)3-2-10-13(24)14(25)17(28-10)22-8-20-12-15(18-7-19-16(12)22)21-9-4-5-27-6-9/h2-3,7-10,13-14,17,24-25H,4-6H2,1H3,(H,18,19,21)/b3-2+/t9?,10-,13-,14-,17-/m1/s1. The highest BCUT2D eigenvalue weighted by Crippen LogP contribution is 2.33. The molecule has 5 atom stereocenters. The number of aromatic nitrogens is 4. The summed E-state index contributed by atoms with van der Waals surface area (Å²) >= 11 is 0. The van der Waals surface area contributed by atoms with Crippen LogP contribution in [0.1, 0.15) is 12.6 Å². The first-order valence-electron chi connectivity index (χ1n) is 8.88. The molecule has 4 heterocycles. The van der Waals surface area contributed by atoms with E-state index in [2.05, 4.69) is 25.0 Å². The Labute approximate surface area is 160 Å². The van der Waals surface area contributed by atoms with Gasteiger partial charge in [-0.3, -0.25) is 4.57 Å². The molecule has 2 fully saturated rings. The predicted molar refractivity (Wildman–Crippen MR) is 95.2 cm³/mol. The highest BCUT2D eigenvalue weighted by molar-refractivity contribution is 5.83. The van der Waals surface area contributed by atoms with Crippen molar-refractivity contribution in [2.24, 2.45) is 0 Å². The van der Waals surface area contributed by atoms with E-state index in [4.69, 9.17) is 9.47 Å². The zero-order valence-electron chi connectivity index (χ0n) is 15.1. The number of fused-ring (bicyclic) bond motifs is 1. The molecule has 0 aromatic carbocycles. The number of carbonyl (C=O) groups is 1. The number of hydrogen-bond donors (Lipinski definition) is 3. The highest BCUT2D eigenvalue weighted by atomic mass is 16.6. The van der Waals surface area contributed by atoms with Crippen LogP contribution in [0.5, 0.6) is 0 Å². The Morgan fingerprint density at radius 1 is 1.36 bits per heavy atom. The molecule has 28 heavy (non-hydrogen) atoms. The molecule has 2 aliphatic rings. The number of carbonyl (C=O) groups excluding carboxylic acids is 1. The molecule has 0 amide bonds. The zero-order chi connectivity index (χ0) is 19.7. The van der Waals surface area contributed by atoms with Crippen LogP contribution in [0.25, 0.3) is 11.2 Å². The number of anilines is 1. The summed E-state index contributed by atoms with van der Waals surface area (Å²) in [6, 6.07) is 0.145. The van der Waals surface area contributed by atoms with E-state index in [1.807, 2.05) is 0 Å². The first-order chi connectivity index (χ1) is 13.6. The number of methoxy groups -OCH3 is 1. The van der Waals surface area contributed by atoms with E-state index in [0.29, 0.717) is 30.2 Å². The number of ether oxygens (including phenoxy) is 3. The summed E-state index contributed by atoms with van der Waals surface area (Å²) in [6.45, 7) is 1.29. The lowest BCUT2D eigenvalue weighted by Gasteiger charge is -2.16. The van der Waals surface area contributed by atoms with E-state index < -0.39 is 30.5 Å². The topological polar surface area (TPSA) is 141 Å². The number of nitrogens with one attached hydrogen (secondary N) is 1. The second-order valence-electron chi connectivity index (χ2n) is 6.61. The number of aliphatic hydroxyl groups is 2. The molecule has 0 spiro atoms. The minimum absolute atomic E-state index is 0.145. The van der Waals surface area contributed by atoms with Gasteiger partial charge in [-0.15, -0.1) is 0 Å². The lowest BCUT2D eigenvalue weighted by molar-refractivity contribution is -0.134. The summed E-state index contributed by atoms with van der Waals surface area (Å²) in [4.78, 5) is 24.1. The van der Waals surface area contributed by atoms with Gasteiger partial charge in [0.1, 0.15) is 24.6 Å². The van der Waals surface area contributed by atoms with Gasteiger partial charge >= 0.3 is 5.97 Å². The summed E-state index contributed by atoms with van der Waals surface area (Å²) in [5, 5.41) is 24.0. The van der Waals surface area contributed by atoms with Gasteiger partial charge in [-0.05, 0) is 12.5 Å². The molecule has 150 valence electrons. The average molecular weight is 391 g/mol. The maximum Gasteiger partial charge on any atom is 0.330 e. The van der Waals surface area contributed by atoms with Crippen LogP contribution >= 0.6 is 0 Å². The van der Waals surface area contributed by atoms with Gasteiger partial charge in [0.15, 0.2) is 23.2 Å². The van der Waals surface area contributed by atoms with Gasteiger partial charge in [-0.1, -0.05) is 0 Å². The summed E-state index contributed by atoms with van der Waals surface area (Å²) in [6.07, 6.45) is 1.96. The Morgan fingerprint density at radius 3 is 2.96 bits per heavy atom. The zero-order valence-corrected chi connectivity index (χ0v) is 15.1. The van der Waals surface area contributed by atoms with Crippen molar-refractivity contribution in [3.8, 4) is 0 Å². The molecule has 0 bridgehead atoms. The van der Waals surface area contributed by atoms with E-state index in [9.17, 15) is 15.0 Å². The molecule has 0 saturated carbocycles. The van der Waals surface area contributed by atoms with Crippen LogP contribution in [0.2, 0.25) is 0 Å². The summed E-state index contributed by atoms with van der Waals surface area (Å²) < 4.78 is 17.2. The largest absolute Gasteiger partial charge is 0.466 e. The summed E-state index contributed by atoms with van der Waals surface area (Å²) in [5.41, 5.74) is 0.971. The number of aliphatic hydroxyl groups excluding tert-OH is 2. The molecular weight excluding hydrogens is 370 g/mol. The van der Waals surface area contributed by atoms with Crippen molar-refractivity contribution in [1.29, 1.82) is 0 Å². The molecule has 4 rings (SSSR count). The fourth-order valence-corrected chi connectivity index (χ4v) is 3.30. The first kappa shape index (κ1) is 18.7. The lowest BCUT2D eigenvalue weighted by Crippen LogP contribution is -2.30. The molecule has 1 unspecified atom stereocenters. The molecule has 2 aromatic heterocycles. The normalized spacial score (nSPS) is 30.3. The Kier molecular flexibility index (Phi) is 5.22. The van der Waals surface area contributed by atoms with Crippen molar-refractivity contribution in [3.05, 3.63) is 24.8 Å². The van der Waals surface area contributed by atoms with Gasteiger partial charge in [0.2, 0.25) is 0 Å². The molecule has 2 saturated heterocycles. The van der Waals surface area contributed by atoms with Crippen molar-refractivity contribution in [2.45, 2.75) is 37.0 Å². The Hall–Kier alpha value is -2.60. The van der Waals surface area contributed by atoms with Crippen molar-refractivity contribution in [3.63, 3.8) is 0 Å². The van der Waals surface area contributed by atoms with Crippen LogP contribution in [-0.4, -0.2) is 80.4 Å². The van der Waals surface area contributed by atoms with Crippen molar-refractivity contribution in [2.75, 3.05) is 25.6 Å². The third-order valence-corrected chi connectivity index (χ3v) is 4.80. The Morgan fingerprint density at radius 2 is 2.21 bits per heavy atom. The molecular formula is C17H21N5O6. The maximum atomic E-state index is 11.3. The summed E-state index contributed by atoms with van der Waals surface area (Å²) in [5.74, 6) is -0.0180. The first-order valence-corrected chi connectivity index (χ1v) is 8.88. The van der Waals surface area contributed by atoms with E-state index in [-0.39, 0.29) is 6.04 Å². The SMILES string of the molecule is COC(=O)/C=C/[C@H]1O[C@@H](n2cnc3c(NC4CCOC4)ncnc32)[C@H](O)[C@@H]1O. The molecule has 11 nitrogen and oxygen atoms in total. The fraction of sp³-hybridized carbons (Fsp3) is 0.529. The smallest absolute Gasteiger partial charge is 0.330 e. The highest BCUT2D eigenvalue weighted by Gasteiger charge is 2.43. The number of imidazole rings is 1. The van der Waals surface area contributed by atoms with E-state index in [1.54, 1.807) is 0 Å². The van der Waals surface area contributed by atoms with Gasteiger partial charge in [0, 0.05) is 12.7 Å². The van der Waals surface area contributed by atoms with Gasteiger partial charge < -0.3 is 29.7 Å². The van der Waals surface area contributed by atoms with Gasteiger partial charge in [-0.2, -0.15) is 0 Å². The summed E-state index contributed by atoms with van der Waals surface area (Å²) in [7, 11) is 1.25. The van der Waals surface area contributed by atoms with Crippen LogP contribution in [0, 0.1) is 0 Å². The number of esters is 1. The van der Waals surface area contributed by atoms with Crippen LogP contribution in [0.4, 0.5) is 5.82 Å². The second kappa shape index (κ2) is 7.80. The Balaban J connectivity index is 1.58. The van der Waals surface area contributed by atoms with Crippen LogP contribution in [-0.2, 0) is 19.0 Å². The van der Waals surface area contributed by atoms with Gasteiger partial charge in [0.05, 0.1) is 26.1 Å². The minimum Gasteiger partial charge on any atom is -0.466 e. The Bertz CT molecular complexity index is 880. The van der Waals surface area contributed by atoms with Gasteiger partial charge in [-0.25, -0.2) is 19.7 Å².